The first-order chi connectivity index (χ1) is 11.3. The van der Waals surface area contributed by atoms with E-state index >= 15 is 0 Å². The molecule has 0 aliphatic carbocycles. The number of sulfonamides is 1. The third-order valence-electron chi connectivity index (χ3n) is 3.53. The van der Waals surface area contributed by atoms with Crippen LogP contribution in [-0.4, -0.2) is 28.7 Å². The van der Waals surface area contributed by atoms with Gasteiger partial charge in [-0.1, -0.05) is 6.07 Å². The normalized spacial score (nSPS) is 11.3. The van der Waals surface area contributed by atoms with Gasteiger partial charge in [0.1, 0.15) is 18.1 Å². The summed E-state index contributed by atoms with van der Waals surface area (Å²) >= 11 is 0. The molecule has 0 atom stereocenters. The number of rotatable bonds is 7. The molecule has 2 aromatic rings. The SMILES string of the molecule is COc1ccc(S(=O)(=O)NCCOc2cc(C)cc(C)c2)cc1C. The molecule has 0 radical (unpaired) electrons. The molecule has 0 spiro atoms. The Morgan fingerprint density at radius 1 is 1.00 bits per heavy atom. The third kappa shape index (κ3) is 4.72. The molecule has 0 aromatic heterocycles. The lowest BCUT2D eigenvalue weighted by Gasteiger charge is -2.11. The van der Waals surface area contributed by atoms with E-state index in [1.165, 1.54) is 6.07 Å². The zero-order valence-corrected chi connectivity index (χ0v) is 15.2. The van der Waals surface area contributed by atoms with Crippen LogP contribution in [0.25, 0.3) is 0 Å². The Morgan fingerprint density at radius 3 is 2.25 bits per heavy atom. The summed E-state index contributed by atoms with van der Waals surface area (Å²) in [5.41, 5.74) is 2.99. The molecule has 2 aromatic carbocycles. The van der Waals surface area contributed by atoms with E-state index in [-0.39, 0.29) is 18.0 Å². The number of aryl methyl sites for hydroxylation is 3. The highest BCUT2D eigenvalue weighted by Crippen LogP contribution is 2.21. The predicted octanol–water partition coefficient (Wildman–Crippen LogP) is 2.98. The Labute approximate surface area is 143 Å². The molecule has 0 bridgehead atoms. The van der Waals surface area contributed by atoms with Crippen LogP contribution in [-0.2, 0) is 10.0 Å². The first-order valence-corrected chi connectivity index (χ1v) is 9.15. The summed E-state index contributed by atoms with van der Waals surface area (Å²) < 4.78 is 37.9. The van der Waals surface area contributed by atoms with Crippen LogP contribution in [0.15, 0.2) is 41.3 Å². The van der Waals surface area contributed by atoms with Gasteiger partial charge in [0.15, 0.2) is 0 Å². The van der Waals surface area contributed by atoms with Gasteiger partial charge in [-0.25, -0.2) is 13.1 Å². The highest BCUT2D eigenvalue weighted by atomic mass is 32.2. The zero-order chi connectivity index (χ0) is 17.7. The van der Waals surface area contributed by atoms with E-state index in [9.17, 15) is 8.42 Å². The lowest BCUT2D eigenvalue weighted by molar-refractivity contribution is 0.322. The van der Waals surface area contributed by atoms with Crippen molar-refractivity contribution in [1.82, 2.24) is 4.72 Å². The van der Waals surface area contributed by atoms with E-state index in [1.54, 1.807) is 26.2 Å². The van der Waals surface area contributed by atoms with Crippen molar-refractivity contribution in [2.24, 2.45) is 0 Å². The number of benzene rings is 2. The molecule has 130 valence electrons. The molecule has 0 saturated carbocycles. The summed E-state index contributed by atoms with van der Waals surface area (Å²) in [6.07, 6.45) is 0. The maximum atomic E-state index is 12.3. The number of ether oxygens (including phenoxy) is 2. The van der Waals surface area contributed by atoms with Gasteiger partial charge in [0.2, 0.25) is 10.0 Å². The molecule has 0 amide bonds. The van der Waals surface area contributed by atoms with E-state index in [2.05, 4.69) is 10.8 Å². The average molecular weight is 349 g/mol. The molecule has 2 rings (SSSR count). The van der Waals surface area contributed by atoms with Crippen LogP contribution in [0.3, 0.4) is 0 Å². The van der Waals surface area contributed by atoms with Crippen molar-refractivity contribution < 1.29 is 17.9 Å². The van der Waals surface area contributed by atoms with Gasteiger partial charge in [0, 0.05) is 6.54 Å². The molecule has 24 heavy (non-hydrogen) atoms. The molecule has 6 heteroatoms. The van der Waals surface area contributed by atoms with Crippen molar-refractivity contribution in [2.75, 3.05) is 20.3 Å². The molecule has 0 saturated heterocycles. The monoisotopic (exact) mass is 349 g/mol. The summed E-state index contributed by atoms with van der Waals surface area (Å²) in [6, 6.07) is 10.7. The second kappa shape index (κ2) is 7.68. The van der Waals surface area contributed by atoms with Crippen molar-refractivity contribution in [2.45, 2.75) is 25.7 Å². The van der Waals surface area contributed by atoms with Crippen molar-refractivity contribution in [3.8, 4) is 11.5 Å². The van der Waals surface area contributed by atoms with E-state index in [0.29, 0.717) is 5.75 Å². The smallest absolute Gasteiger partial charge is 0.240 e. The lowest BCUT2D eigenvalue weighted by atomic mass is 10.1. The highest BCUT2D eigenvalue weighted by Gasteiger charge is 2.14. The van der Waals surface area contributed by atoms with Gasteiger partial charge in [-0.15, -0.1) is 0 Å². The number of hydrogen-bond donors (Lipinski definition) is 1. The first kappa shape index (κ1) is 18.3. The molecule has 0 fully saturated rings. The maximum absolute atomic E-state index is 12.3. The summed E-state index contributed by atoms with van der Waals surface area (Å²) in [7, 11) is -2.01. The largest absolute Gasteiger partial charge is 0.496 e. The van der Waals surface area contributed by atoms with Crippen molar-refractivity contribution in [1.29, 1.82) is 0 Å². The molecule has 0 aliphatic rings. The topological polar surface area (TPSA) is 64.6 Å². The standard InChI is InChI=1S/C18H23NO4S/c1-13-9-14(2)11-16(10-13)23-8-7-19-24(20,21)17-5-6-18(22-4)15(3)12-17/h5-6,9-12,19H,7-8H2,1-4H3. The van der Waals surface area contributed by atoms with Crippen LogP contribution in [0.4, 0.5) is 0 Å². The van der Waals surface area contributed by atoms with Crippen LogP contribution in [0, 0.1) is 20.8 Å². The Kier molecular flexibility index (Phi) is 5.85. The molecule has 1 N–H and O–H groups in total. The number of nitrogens with one attached hydrogen (secondary N) is 1. The van der Waals surface area contributed by atoms with Gasteiger partial charge in [-0.3, -0.25) is 0 Å². The van der Waals surface area contributed by atoms with E-state index in [1.807, 2.05) is 26.0 Å². The molecular weight excluding hydrogens is 326 g/mol. The predicted molar refractivity (Wildman–Crippen MR) is 94.3 cm³/mol. The van der Waals surface area contributed by atoms with Gasteiger partial charge >= 0.3 is 0 Å². The third-order valence-corrected chi connectivity index (χ3v) is 4.99. The quantitative estimate of drug-likeness (QED) is 0.781. The molecular formula is C18H23NO4S. The summed E-state index contributed by atoms with van der Waals surface area (Å²) in [4.78, 5) is 0.215. The van der Waals surface area contributed by atoms with Crippen molar-refractivity contribution in [3.05, 3.63) is 53.1 Å². The van der Waals surface area contributed by atoms with Gasteiger partial charge in [0.05, 0.1) is 12.0 Å². The van der Waals surface area contributed by atoms with Gasteiger partial charge in [-0.2, -0.15) is 0 Å². The second-order valence-corrected chi connectivity index (χ2v) is 7.47. The summed E-state index contributed by atoms with van der Waals surface area (Å²) in [5, 5.41) is 0. The van der Waals surface area contributed by atoms with Crippen LogP contribution in [0.5, 0.6) is 11.5 Å². The minimum atomic E-state index is -3.56. The van der Waals surface area contributed by atoms with Crippen molar-refractivity contribution >= 4 is 10.0 Å². The zero-order valence-electron chi connectivity index (χ0n) is 14.4. The summed E-state index contributed by atoms with van der Waals surface area (Å²) in [6.45, 7) is 6.25. The average Bonchev–Trinajstić information content (AvgIpc) is 2.50. The fourth-order valence-electron chi connectivity index (χ4n) is 2.46. The number of methoxy groups -OCH3 is 1. The van der Waals surface area contributed by atoms with Gasteiger partial charge in [-0.05, 0) is 67.8 Å². The van der Waals surface area contributed by atoms with Crippen LogP contribution in [0.2, 0.25) is 0 Å². The van der Waals surface area contributed by atoms with E-state index < -0.39 is 10.0 Å². The fourth-order valence-corrected chi connectivity index (χ4v) is 3.56. The first-order valence-electron chi connectivity index (χ1n) is 7.67. The molecule has 5 nitrogen and oxygen atoms in total. The Bertz CT molecular complexity index is 796. The molecule has 0 unspecified atom stereocenters. The fraction of sp³-hybridized carbons (Fsp3) is 0.333. The minimum Gasteiger partial charge on any atom is -0.496 e. The van der Waals surface area contributed by atoms with Gasteiger partial charge in [0.25, 0.3) is 0 Å². The van der Waals surface area contributed by atoms with Crippen LogP contribution < -0.4 is 14.2 Å². The lowest BCUT2D eigenvalue weighted by Crippen LogP contribution is -2.28. The van der Waals surface area contributed by atoms with Crippen LogP contribution in [0.1, 0.15) is 16.7 Å². The van der Waals surface area contributed by atoms with E-state index in [0.717, 1.165) is 22.4 Å². The minimum absolute atomic E-state index is 0.195. The highest BCUT2D eigenvalue weighted by molar-refractivity contribution is 7.89. The second-order valence-electron chi connectivity index (χ2n) is 5.70. The Morgan fingerprint density at radius 2 is 1.67 bits per heavy atom. The van der Waals surface area contributed by atoms with Crippen molar-refractivity contribution in [3.63, 3.8) is 0 Å². The van der Waals surface area contributed by atoms with Gasteiger partial charge < -0.3 is 9.47 Å². The maximum Gasteiger partial charge on any atom is 0.240 e. The number of hydrogen-bond acceptors (Lipinski definition) is 4. The Hall–Kier alpha value is -2.05. The summed E-state index contributed by atoms with van der Waals surface area (Å²) in [5.74, 6) is 1.40. The molecule has 0 heterocycles. The van der Waals surface area contributed by atoms with Crippen LogP contribution >= 0.6 is 0 Å². The van der Waals surface area contributed by atoms with E-state index in [4.69, 9.17) is 9.47 Å². The Balaban J connectivity index is 1.94. The molecule has 0 aliphatic heterocycles.